The first kappa shape index (κ1) is 14.0. The van der Waals surface area contributed by atoms with Crippen LogP contribution in [0.5, 0.6) is 0 Å². The molecule has 0 fully saturated rings. The van der Waals surface area contributed by atoms with Gasteiger partial charge in [-0.2, -0.15) is 0 Å². The van der Waals surface area contributed by atoms with Crippen molar-refractivity contribution >= 4 is 5.97 Å². The summed E-state index contributed by atoms with van der Waals surface area (Å²) in [5.74, 6) is -1.07. The van der Waals surface area contributed by atoms with Crippen molar-refractivity contribution in [3.05, 3.63) is 24.1 Å². The van der Waals surface area contributed by atoms with Gasteiger partial charge in [-0.3, -0.25) is 4.79 Å². The standard InChI is InChI=1S/C12H14FN5O2/c1-3-12(2,11(19)20)7-18-10(15-16-17-18)9-5-4-8(13)6-14-9/h4-6H,3,7H2,1-2H3,(H,19,20). The molecule has 0 aliphatic carbocycles. The highest BCUT2D eigenvalue weighted by molar-refractivity contribution is 5.74. The Hall–Kier alpha value is -2.38. The van der Waals surface area contributed by atoms with Crippen molar-refractivity contribution in [1.29, 1.82) is 0 Å². The monoisotopic (exact) mass is 279 g/mol. The molecule has 0 saturated carbocycles. The molecular formula is C12H14FN5O2. The molecule has 0 saturated heterocycles. The quantitative estimate of drug-likeness (QED) is 0.888. The van der Waals surface area contributed by atoms with Crippen molar-refractivity contribution in [1.82, 2.24) is 25.2 Å². The maximum Gasteiger partial charge on any atom is 0.311 e. The molecule has 0 radical (unpaired) electrons. The SMILES string of the molecule is CCC(C)(Cn1nnnc1-c1ccc(F)cn1)C(=O)O. The third kappa shape index (κ3) is 2.63. The third-order valence-corrected chi connectivity index (χ3v) is 3.28. The number of aromatic nitrogens is 5. The molecule has 20 heavy (non-hydrogen) atoms. The highest BCUT2D eigenvalue weighted by Crippen LogP contribution is 2.25. The molecule has 1 unspecified atom stereocenters. The summed E-state index contributed by atoms with van der Waals surface area (Å²) in [4.78, 5) is 15.2. The largest absolute Gasteiger partial charge is 0.481 e. The van der Waals surface area contributed by atoms with Gasteiger partial charge in [0.05, 0.1) is 18.2 Å². The lowest BCUT2D eigenvalue weighted by molar-refractivity contribution is -0.149. The highest BCUT2D eigenvalue weighted by atomic mass is 19.1. The maximum absolute atomic E-state index is 12.9. The van der Waals surface area contributed by atoms with E-state index in [0.717, 1.165) is 6.20 Å². The Kier molecular flexibility index (Phi) is 3.73. The van der Waals surface area contributed by atoms with Crippen LogP contribution in [0.3, 0.4) is 0 Å². The first-order valence-corrected chi connectivity index (χ1v) is 6.08. The molecular weight excluding hydrogens is 265 g/mol. The Bertz CT molecular complexity index is 613. The molecule has 0 bridgehead atoms. The van der Waals surface area contributed by atoms with Gasteiger partial charge < -0.3 is 5.11 Å². The van der Waals surface area contributed by atoms with Gasteiger partial charge in [-0.05, 0) is 35.9 Å². The second-order valence-corrected chi connectivity index (χ2v) is 4.74. The predicted molar refractivity (Wildman–Crippen MR) is 67.0 cm³/mol. The summed E-state index contributed by atoms with van der Waals surface area (Å²) in [7, 11) is 0. The molecule has 2 heterocycles. The minimum atomic E-state index is -0.982. The lowest BCUT2D eigenvalue weighted by atomic mass is 9.88. The second kappa shape index (κ2) is 5.32. The molecule has 0 aromatic carbocycles. The van der Waals surface area contributed by atoms with Crippen LogP contribution in [-0.2, 0) is 11.3 Å². The molecule has 0 amide bonds. The van der Waals surface area contributed by atoms with Crippen LogP contribution in [0.15, 0.2) is 18.3 Å². The minimum absolute atomic E-state index is 0.111. The van der Waals surface area contributed by atoms with E-state index in [4.69, 9.17) is 0 Å². The molecule has 0 spiro atoms. The summed E-state index contributed by atoms with van der Waals surface area (Å²) in [5, 5.41) is 20.4. The number of nitrogens with zero attached hydrogens (tertiary/aromatic N) is 5. The smallest absolute Gasteiger partial charge is 0.311 e. The number of carboxylic acids is 1. The zero-order chi connectivity index (χ0) is 14.8. The number of halogens is 1. The number of hydrogen-bond donors (Lipinski definition) is 1. The lowest BCUT2D eigenvalue weighted by Crippen LogP contribution is -2.32. The Labute approximate surface area is 114 Å². The van der Waals surface area contributed by atoms with Gasteiger partial charge in [0, 0.05) is 0 Å². The van der Waals surface area contributed by atoms with Crippen molar-refractivity contribution in [2.75, 3.05) is 0 Å². The van der Waals surface area contributed by atoms with Gasteiger partial charge >= 0.3 is 5.97 Å². The van der Waals surface area contributed by atoms with E-state index in [1.807, 2.05) is 0 Å². The van der Waals surface area contributed by atoms with Crippen LogP contribution in [0, 0.1) is 11.2 Å². The summed E-state index contributed by atoms with van der Waals surface area (Å²) in [5.41, 5.74) is -0.593. The summed E-state index contributed by atoms with van der Waals surface area (Å²) < 4.78 is 14.2. The van der Waals surface area contributed by atoms with Crippen molar-refractivity contribution < 1.29 is 14.3 Å². The zero-order valence-corrected chi connectivity index (χ0v) is 11.1. The van der Waals surface area contributed by atoms with Crippen molar-refractivity contribution in [2.45, 2.75) is 26.8 Å². The van der Waals surface area contributed by atoms with E-state index in [0.29, 0.717) is 17.9 Å². The Morgan fingerprint density at radius 3 is 2.80 bits per heavy atom. The number of tetrazole rings is 1. The van der Waals surface area contributed by atoms with Crippen LogP contribution < -0.4 is 0 Å². The van der Waals surface area contributed by atoms with Gasteiger partial charge in [0.1, 0.15) is 11.5 Å². The Balaban J connectivity index is 2.34. The van der Waals surface area contributed by atoms with E-state index < -0.39 is 17.2 Å². The molecule has 2 rings (SSSR count). The number of carbonyl (C=O) groups is 1. The van der Waals surface area contributed by atoms with E-state index in [2.05, 4.69) is 20.5 Å². The molecule has 7 nitrogen and oxygen atoms in total. The van der Waals surface area contributed by atoms with Crippen LogP contribution in [0.25, 0.3) is 11.5 Å². The van der Waals surface area contributed by atoms with E-state index in [9.17, 15) is 14.3 Å². The number of carboxylic acid groups (broad SMARTS) is 1. The van der Waals surface area contributed by atoms with Crippen LogP contribution in [-0.4, -0.2) is 36.3 Å². The zero-order valence-electron chi connectivity index (χ0n) is 11.1. The second-order valence-electron chi connectivity index (χ2n) is 4.74. The average Bonchev–Trinajstić information content (AvgIpc) is 2.87. The van der Waals surface area contributed by atoms with Gasteiger partial charge in [0.15, 0.2) is 0 Å². The summed E-state index contributed by atoms with van der Waals surface area (Å²) in [6.45, 7) is 3.52. The molecule has 8 heteroatoms. The third-order valence-electron chi connectivity index (χ3n) is 3.28. The fraction of sp³-hybridized carbons (Fsp3) is 0.417. The topological polar surface area (TPSA) is 93.8 Å². The molecule has 1 N–H and O–H groups in total. The van der Waals surface area contributed by atoms with Crippen LogP contribution in [0.2, 0.25) is 0 Å². The van der Waals surface area contributed by atoms with E-state index in [-0.39, 0.29) is 6.54 Å². The first-order chi connectivity index (χ1) is 9.46. The molecule has 2 aromatic heterocycles. The van der Waals surface area contributed by atoms with Crippen molar-refractivity contribution in [3.63, 3.8) is 0 Å². The van der Waals surface area contributed by atoms with Gasteiger partial charge in [-0.25, -0.2) is 14.1 Å². The van der Waals surface area contributed by atoms with E-state index >= 15 is 0 Å². The fourth-order valence-electron chi connectivity index (χ4n) is 1.66. The van der Waals surface area contributed by atoms with Crippen molar-refractivity contribution in [2.24, 2.45) is 5.41 Å². The van der Waals surface area contributed by atoms with Gasteiger partial charge in [0.25, 0.3) is 0 Å². The fourth-order valence-corrected chi connectivity index (χ4v) is 1.66. The van der Waals surface area contributed by atoms with Gasteiger partial charge in [-0.1, -0.05) is 6.92 Å². The molecule has 106 valence electrons. The van der Waals surface area contributed by atoms with E-state index in [1.54, 1.807) is 13.8 Å². The van der Waals surface area contributed by atoms with Crippen molar-refractivity contribution in [3.8, 4) is 11.5 Å². The van der Waals surface area contributed by atoms with Crippen LogP contribution >= 0.6 is 0 Å². The molecule has 2 aromatic rings. The Morgan fingerprint density at radius 2 is 2.25 bits per heavy atom. The van der Waals surface area contributed by atoms with Crippen LogP contribution in [0.1, 0.15) is 20.3 Å². The normalized spacial score (nSPS) is 13.9. The Morgan fingerprint density at radius 1 is 1.50 bits per heavy atom. The first-order valence-electron chi connectivity index (χ1n) is 6.08. The number of aliphatic carboxylic acids is 1. The van der Waals surface area contributed by atoms with Gasteiger partial charge in [-0.15, -0.1) is 5.10 Å². The van der Waals surface area contributed by atoms with Crippen LogP contribution in [0.4, 0.5) is 4.39 Å². The number of pyridine rings is 1. The molecule has 1 atom stereocenters. The summed E-state index contributed by atoms with van der Waals surface area (Å²) >= 11 is 0. The van der Waals surface area contributed by atoms with Gasteiger partial charge in [0.2, 0.25) is 5.82 Å². The summed E-state index contributed by atoms with van der Waals surface area (Å²) in [6, 6.07) is 2.69. The highest BCUT2D eigenvalue weighted by Gasteiger charge is 2.33. The predicted octanol–water partition coefficient (Wildman–Crippen LogP) is 1.38. The number of hydrogen-bond acceptors (Lipinski definition) is 5. The summed E-state index contributed by atoms with van der Waals surface area (Å²) in [6.07, 6.45) is 1.49. The molecule has 0 aliphatic heterocycles. The van der Waals surface area contributed by atoms with E-state index in [1.165, 1.54) is 16.8 Å². The lowest BCUT2D eigenvalue weighted by Gasteiger charge is -2.22. The number of rotatable bonds is 5. The average molecular weight is 279 g/mol. The molecule has 0 aliphatic rings. The maximum atomic E-state index is 12.9. The minimum Gasteiger partial charge on any atom is -0.481 e.